The Balaban J connectivity index is 1.91. The lowest BCUT2D eigenvalue weighted by atomic mass is 10.1. The lowest BCUT2D eigenvalue weighted by molar-refractivity contribution is 0.0337. The minimum absolute atomic E-state index is 0.296. The monoisotopic (exact) mass is 348 g/mol. The van der Waals surface area contributed by atoms with Crippen LogP contribution < -0.4 is 5.32 Å². The minimum atomic E-state index is -0.296. The molecule has 1 aromatic heterocycles. The SMILES string of the molecule is N=Cc1cc(Cl)nc(CN2CCOCC2)c1Nc1ccc(F)cc1. The number of ether oxygens (including phenoxy) is 1. The molecule has 1 aromatic carbocycles. The molecule has 0 aliphatic carbocycles. The molecule has 3 rings (SSSR count). The van der Waals surface area contributed by atoms with Gasteiger partial charge in [-0.3, -0.25) is 4.90 Å². The van der Waals surface area contributed by atoms with Crippen molar-refractivity contribution < 1.29 is 9.13 Å². The lowest BCUT2D eigenvalue weighted by Gasteiger charge is -2.27. The molecule has 0 radical (unpaired) electrons. The summed E-state index contributed by atoms with van der Waals surface area (Å²) in [6.45, 7) is 3.64. The molecule has 2 heterocycles. The maximum Gasteiger partial charge on any atom is 0.130 e. The van der Waals surface area contributed by atoms with Gasteiger partial charge in [0.1, 0.15) is 11.0 Å². The highest BCUT2D eigenvalue weighted by Gasteiger charge is 2.17. The summed E-state index contributed by atoms with van der Waals surface area (Å²) in [4.78, 5) is 6.66. The van der Waals surface area contributed by atoms with Crippen molar-refractivity contribution in [1.82, 2.24) is 9.88 Å². The predicted molar refractivity (Wildman–Crippen MR) is 92.9 cm³/mol. The molecule has 5 nitrogen and oxygen atoms in total. The van der Waals surface area contributed by atoms with Crippen molar-refractivity contribution in [3.63, 3.8) is 0 Å². The summed E-state index contributed by atoms with van der Waals surface area (Å²) in [6, 6.07) is 7.71. The molecule has 0 atom stereocenters. The van der Waals surface area contributed by atoms with Gasteiger partial charge in [-0.2, -0.15) is 0 Å². The zero-order chi connectivity index (χ0) is 16.9. The van der Waals surface area contributed by atoms with Gasteiger partial charge >= 0.3 is 0 Å². The Hall–Kier alpha value is -2.02. The number of hydrogen-bond acceptors (Lipinski definition) is 5. The van der Waals surface area contributed by atoms with E-state index >= 15 is 0 Å². The van der Waals surface area contributed by atoms with Crippen molar-refractivity contribution in [2.75, 3.05) is 31.6 Å². The van der Waals surface area contributed by atoms with Crippen LogP contribution in [0.25, 0.3) is 0 Å². The Morgan fingerprint density at radius 2 is 2.00 bits per heavy atom. The number of hydrogen-bond donors (Lipinski definition) is 2. The molecular formula is C17H18ClFN4O. The molecular weight excluding hydrogens is 331 g/mol. The average molecular weight is 349 g/mol. The summed E-state index contributed by atoms with van der Waals surface area (Å²) in [7, 11) is 0. The van der Waals surface area contributed by atoms with Crippen molar-refractivity contribution in [2.45, 2.75) is 6.54 Å². The van der Waals surface area contributed by atoms with Gasteiger partial charge in [0.05, 0.1) is 24.6 Å². The molecule has 0 amide bonds. The van der Waals surface area contributed by atoms with Gasteiger partial charge in [-0.1, -0.05) is 11.6 Å². The topological polar surface area (TPSA) is 61.2 Å². The molecule has 24 heavy (non-hydrogen) atoms. The Labute approximate surface area is 144 Å². The smallest absolute Gasteiger partial charge is 0.130 e. The molecule has 1 aliphatic rings. The zero-order valence-corrected chi connectivity index (χ0v) is 13.8. The van der Waals surface area contributed by atoms with E-state index in [1.54, 1.807) is 18.2 Å². The molecule has 0 bridgehead atoms. The second kappa shape index (κ2) is 7.70. The number of rotatable bonds is 5. The number of benzene rings is 1. The van der Waals surface area contributed by atoms with Crippen LogP contribution in [-0.2, 0) is 11.3 Å². The van der Waals surface area contributed by atoms with E-state index in [1.807, 2.05) is 0 Å². The second-order valence-electron chi connectivity index (χ2n) is 5.52. The van der Waals surface area contributed by atoms with Crippen molar-refractivity contribution in [2.24, 2.45) is 0 Å². The molecule has 1 aliphatic heterocycles. The van der Waals surface area contributed by atoms with Gasteiger partial charge in [0.2, 0.25) is 0 Å². The third-order valence-electron chi connectivity index (χ3n) is 3.84. The van der Waals surface area contributed by atoms with Crippen molar-refractivity contribution in [1.29, 1.82) is 5.41 Å². The zero-order valence-electron chi connectivity index (χ0n) is 13.1. The predicted octanol–water partition coefficient (Wildman–Crippen LogP) is 3.45. The number of halogens is 2. The van der Waals surface area contributed by atoms with Gasteiger partial charge in [0.25, 0.3) is 0 Å². The van der Waals surface area contributed by atoms with E-state index in [2.05, 4.69) is 15.2 Å². The molecule has 2 N–H and O–H groups in total. The number of nitrogens with zero attached hydrogens (tertiary/aromatic N) is 2. The van der Waals surface area contributed by atoms with Crippen LogP contribution in [0.2, 0.25) is 5.15 Å². The van der Waals surface area contributed by atoms with E-state index in [-0.39, 0.29) is 5.82 Å². The standard InChI is InChI=1S/C17H18ClFN4O/c18-16-9-12(10-20)17(21-14-3-1-13(19)2-4-14)15(22-16)11-23-5-7-24-8-6-23/h1-4,9-10,20-21H,5-8,11H2. The first-order valence-corrected chi connectivity index (χ1v) is 8.06. The normalized spacial score (nSPS) is 15.2. The third kappa shape index (κ3) is 4.08. The highest BCUT2D eigenvalue weighted by atomic mass is 35.5. The van der Waals surface area contributed by atoms with Gasteiger partial charge in [-0.25, -0.2) is 9.37 Å². The van der Waals surface area contributed by atoms with Crippen LogP contribution >= 0.6 is 11.6 Å². The molecule has 0 spiro atoms. The van der Waals surface area contributed by atoms with Gasteiger partial charge < -0.3 is 15.5 Å². The van der Waals surface area contributed by atoms with Crippen LogP contribution in [0.1, 0.15) is 11.3 Å². The second-order valence-corrected chi connectivity index (χ2v) is 5.91. The molecule has 1 fully saturated rings. The lowest BCUT2D eigenvalue weighted by Crippen LogP contribution is -2.36. The van der Waals surface area contributed by atoms with Gasteiger partial charge in [-0.05, 0) is 30.3 Å². The number of morpholine rings is 1. The summed E-state index contributed by atoms with van der Waals surface area (Å²) in [6.07, 6.45) is 1.24. The molecule has 1 saturated heterocycles. The van der Waals surface area contributed by atoms with Crippen LogP contribution in [0.15, 0.2) is 30.3 Å². The van der Waals surface area contributed by atoms with E-state index < -0.39 is 0 Å². The number of anilines is 2. The van der Waals surface area contributed by atoms with Crippen LogP contribution in [0, 0.1) is 11.2 Å². The van der Waals surface area contributed by atoms with E-state index in [1.165, 1.54) is 18.3 Å². The fourth-order valence-corrected chi connectivity index (χ4v) is 2.82. The van der Waals surface area contributed by atoms with E-state index in [0.29, 0.717) is 36.2 Å². The van der Waals surface area contributed by atoms with E-state index in [9.17, 15) is 4.39 Å². The van der Waals surface area contributed by atoms with E-state index in [0.717, 1.165) is 24.5 Å². The van der Waals surface area contributed by atoms with Gasteiger partial charge in [0.15, 0.2) is 0 Å². The summed E-state index contributed by atoms with van der Waals surface area (Å²) in [5, 5.41) is 11.2. The van der Waals surface area contributed by atoms with Crippen LogP contribution in [0.5, 0.6) is 0 Å². The van der Waals surface area contributed by atoms with Crippen molar-refractivity contribution >= 4 is 29.2 Å². The fraction of sp³-hybridized carbons (Fsp3) is 0.294. The largest absolute Gasteiger partial charge is 0.379 e. The minimum Gasteiger partial charge on any atom is -0.379 e. The first-order chi connectivity index (χ1) is 11.7. The summed E-state index contributed by atoms with van der Waals surface area (Å²) < 4.78 is 18.5. The van der Waals surface area contributed by atoms with Crippen molar-refractivity contribution in [3.05, 3.63) is 52.6 Å². The summed E-state index contributed by atoms with van der Waals surface area (Å²) in [5.74, 6) is -0.296. The van der Waals surface area contributed by atoms with Crippen molar-refractivity contribution in [3.8, 4) is 0 Å². The first-order valence-electron chi connectivity index (χ1n) is 7.68. The molecule has 7 heteroatoms. The van der Waals surface area contributed by atoms with Gasteiger partial charge in [-0.15, -0.1) is 0 Å². The number of pyridine rings is 1. The fourth-order valence-electron chi connectivity index (χ4n) is 2.61. The average Bonchev–Trinajstić information content (AvgIpc) is 2.59. The molecule has 126 valence electrons. The molecule has 2 aromatic rings. The Bertz CT molecular complexity index is 717. The Morgan fingerprint density at radius 3 is 2.67 bits per heavy atom. The third-order valence-corrected chi connectivity index (χ3v) is 4.03. The first kappa shape index (κ1) is 16.8. The summed E-state index contributed by atoms with van der Waals surface area (Å²) >= 11 is 6.11. The number of nitrogens with one attached hydrogen (secondary N) is 2. The van der Waals surface area contributed by atoms with E-state index in [4.69, 9.17) is 21.7 Å². The Kier molecular flexibility index (Phi) is 5.40. The van der Waals surface area contributed by atoms with Crippen LogP contribution in [0.3, 0.4) is 0 Å². The Morgan fingerprint density at radius 1 is 1.29 bits per heavy atom. The maximum atomic E-state index is 13.1. The highest BCUT2D eigenvalue weighted by molar-refractivity contribution is 6.29. The highest BCUT2D eigenvalue weighted by Crippen LogP contribution is 2.27. The van der Waals surface area contributed by atoms with Gasteiger partial charge in [0, 0.05) is 37.1 Å². The molecule has 0 saturated carbocycles. The summed E-state index contributed by atoms with van der Waals surface area (Å²) in [5.41, 5.74) is 2.84. The number of aromatic nitrogens is 1. The van der Waals surface area contributed by atoms with Crippen LogP contribution in [-0.4, -0.2) is 42.4 Å². The van der Waals surface area contributed by atoms with Crippen LogP contribution in [0.4, 0.5) is 15.8 Å². The maximum absolute atomic E-state index is 13.1. The quantitative estimate of drug-likeness (QED) is 0.642. The molecule has 0 unspecified atom stereocenters.